The lowest BCUT2D eigenvalue weighted by atomic mass is 10.2. The van der Waals surface area contributed by atoms with Gasteiger partial charge in [-0.05, 0) is 36.8 Å². The highest BCUT2D eigenvalue weighted by atomic mass is 79.9. The Bertz CT molecular complexity index is 731. The van der Waals surface area contributed by atoms with Crippen LogP contribution >= 0.6 is 39.5 Å². The van der Waals surface area contributed by atoms with Crippen molar-refractivity contribution in [1.29, 1.82) is 0 Å². The lowest BCUT2D eigenvalue weighted by Crippen LogP contribution is -1.97. The highest BCUT2D eigenvalue weighted by Crippen LogP contribution is 2.26. The average Bonchev–Trinajstić information content (AvgIpc) is 2.94. The highest BCUT2D eigenvalue weighted by Gasteiger charge is 2.10. The van der Waals surface area contributed by atoms with Gasteiger partial charge < -0.3 is 4.57 Å². The molecule has 0 spiro atoms. The molecule has 0 N–H and O–H groups in total. The summed E-state index contributed by atoms with van der Waals surface area (Å²) in [6, 6.07) is 17.0. The molecule has 3 nitrogen and oxygen atoms in total. The van der Waals surface area contributed by atoms with E-state index in [-0.39, 0.29) is 0 Å². The van der Waals surface area contributed by atoms with Crippen molar-refractivity contribution in [3.05, 3.63) is 70.0 Å². The Kier molecular flexibility index (Phi) is 6.03. The Morgan fingerprint density at radius 3 is 2.33 bits per heavy atom. The molecule has 2 aromatic carbocycles. The second kappa shape index (κ2) is 8.23. The summed E-state index contributed by atoms with van der Waals surface area (Å²) in [7, 11) is 2.04. The van der Waals surface area contributed by atoms with Crippen molar-refractivity contribution in [2.45, 2.75) is 28.5 Å². The smallest absolute Gasteiger partial charge is 0.191 e. The summed E-state index contributed by atoms with van der Waals surface area (Å²) in [5, 5.41) is 9.62. The molecule has 0 aliphatic carbocycles. The van der Waals surface area contributed by atoms with Gasteiger partial charge in [0.15, 0.2) is 5.16 Å². The SMILES string of the molecule is Cc1ccc(SCc2nnc(SCc3ccc(Br)cc3)n2C)cc1. The third-order valence-corrected chi connectivity index (χ3v) is 6.22. The first-order valence-electron chi connectivity index (χ1n) is 7.57. The van der Waals surface area contributed by atoms with Crippen LogP contribution in [0.1, 0.15) is 17.0 Å². The van der Waals surface area contributed by atoms with E-state index in [1.54, 1.807) is 23.5 Å². The van der Waals surface area contributed by atoms with E-state index in [0.29, 0.717) is 0 Å². The number of rotatable bonds is 6. The van der Waals surface area contributed by atoms with Crippen LogP contribution in [0.25, 0.3) is 0 Å². The quantitative estimate of drug-likeness (QED) is 0.495. The third-order valence-electron chi connectivity index (χ3n) is 3.60. The van der Waals surface area contributed by atoms with Crippen LogP contribution in [0.2, 0.25) is 0 Å². The summed E-state index contributed by atoms with van der Waals surface area (Å²) < 4.78 is 3.19. The maximum atomic E-state index is 4.34. The summed E-state index contributed by atoms with van der Waals surface area (Å²) in [4.78, 5) is 1.26. The molecule has 0 amide bonds. The Hall–Kier alpha value is -1.24. The molecule has 3 rings (SSSR count). The molecule has 0 aliphatic rings. The van der Waals surface area contributed by atoms with Crippen LogP contribution in [0.4, 0.5) is 0 Å². The molecule has 0 saturated carbocycles. The second-order valence-corrected chi connectivity index (χ2v) is 8.38. The Morgan fingerprint density at radius 2 is 1.62 bits per heavy atom. The van der Waals surface area contributed by atoms with Gasteiger partial charge in [-0.2, -0.15) is 0 Å². The summed E-state index contributed by atoms with van der Waals surface area (Å²) in [6.45, 7) is 2.10. The zero-order valence-electron chi connectivity index (χ0n) is 13.6. The highest BCUT2D eigenvalue weighted by molar-refractivity contribution is 9.10. The first-order valence-corrected chi connectivity index (χ1v) is 10.3. The molecule has 6 heteroatoms. The van der Waals surface area contributed by atoms with E-state index >= 15 is 0 Å². The minimum Gasteiger partial charge on any atom is -0.308 e. The second-order valence-electron chi connectivity index (χ2n) is 5.47. The van der Waals surface area contributed by atoms with Gasteiger partial charge in [-0.25, -0.2) is 0 Å². The number of thioether (sulfide) groups is 2. The fourth-order valence-electron chi connectivity index (χ4n) is 2.11. The van der Waals surface area contributed by atoms with Crippen molar-refractivity contribution in [2.24, 2.45) is 7.05 Å². The van der Waals surface area contributed by atoms with Gasteiger partial charge in [0.05, 0.1) is 5.75 Å². The fraction of sp³-hybridized carbons (Fsp3) is 0.222. The van der Waals surface area contributed by atoms with Crippen LogP contribution in [-0.2, 0) is 18.6 Å². The monoisotopic (exact) mass is 419 g/mol. The standard InChI is InChI=1S/C18H18BrN3S2/c1-13-3-9-16(10-4-13)23-12-17-20-21-18(22(17)2)24-11-14-5-7-15(19)8-6-14/h3-10H,11-12H2,1-2H3. The zero-order valence-corrected chi connectivity index (χ0v) is 16.8. The Morgan fingerprint density at radius 1 is 0.917 bits per heavy atom. The topological polar surface area (TPSA) is 30.7 Å². The van der Waals surface area contributed by atoms with Crippen molar-refractivity contribution in [2.75, 3.05) is 0 Å². The van der Waals surface area contributed by atoms with Crippen LogP contribution in [-0.4, -0.2) is 14.8 Å². The van der Waals surface area contributed by atoms with E-state index in [2.05, 4.69) is 86.1 Å². The first-order chi connectivity index (χ1) is 11.6. The van der Waals surface area contributed by atoms with Gasteiger partial charge in [-0.1, -0.05) is 57.5 Å². The lowest BCUT2D eigenvalue weighted by molar-refractivity contribution is 0.761. The van der Waals surface area contributed by atoms with Crippen LogP contribution in [0.3, 0.4) is 0 Å². The molecule has 0 radical (unpaired) electrons. The van der Waals surface area contributed by atoms with Crippen LogP contribution < -0.4 is 0 Å². The minimum absolute atomic E-state index is 0.825. The lowest BCUT2D eigenvalue weighted by Gasteiger charge is -2.05. The van der Waals surface area contributed by atoms with E-state index in [9.17, 15) is 0 Å². The van der Waals surface area contributed by atoms with Gasteiger partial charge in [0, 0.05) is 22.2 Å². The molecule has 0 aliphatic heterocycles. The summed E-state index contributed by atoms with van der Waals surface area (Å²) in [5.41, 5.74) is 2.56. The van der Waals surface area contributed by atoms with Gasteiger partial charge in [0.25, 0.3) is 0 Å². The molecule has 24 heavy (non-hydrogen) atoms. The minimum atomic E-state index is 0.825. The largest absolute Gasteiger partial charge is 0.308 e. The fourth-order valence-corrected chi connectivity index (χ4v) is 4.13. The number of halogens is 1. The normalized spacial score (nSPS) is 11.0. The van der Waals surface area contributed by atoms with Crippen molar-refractivity contribution < 1.29 is 0 Å². The molecule has 124 valence electrons. The maximum Gasteiger partial charge on any atom is 0.191 e. The van der Waals surface area contributed by atoms with Gasteiger partial charge in [0.1, 0.15) is 5.82 Å². The molecule has 0 bridgehead atoms. The Balaban J connectivity index is 1.58. The van der Waals surface area contributed by atoms with Gasteiger partial charge in [0.2, 0.25) is 0 Å². The number of hydrogen-bond acceptors (Lipinski definition) is 4. The maximum absolute atomic E-state index is 4.34. The Labute approximate surface area is 159 Å². The summed E-state index contributed by atoms with van der Waals surface area (Å²) >= 11 is 6.96. The molecule has 0 unspecified atom stereocenters. The molecule has 1 heterocycles. The zero-order chi connectivity index (χ0) is 16.9. The van der Waals surface area contributed by atoms with Gasteiger partial charge >= 0.3 is 0 Å². The predicted molar refractivity (Wildman–Crippen MR) is 105 cm³/mol. The first kappa shape index (κ1) is 17.6. The molecule has 1 aromatic heterocycles. The summed E-state index contributed by atoms with van der Waals surface area (Å²) in [6.07, 6.45) is 0. The van der Waals surface area contributed by atoms with E-state index in [0.717, 1.165) is 27.0 Å². The van der Waals surface area contributed by atoms with Crippen molar-refractivity contribution in [3.8, 4) is 0 Å². The van der Waals surface area contributed by atoms with Crippen molar-refractivity contribution >= 4 is 39.5 Å². The number of benzene rings is 2. The predicted octanol–water partition coefficient (Wildman–Crippen LogP) is 5.47. The summed E-state index contributed by atoms with van der Waals surface area (Å²) in [5.74, 6) is 2.72. The average molecular weight is 420 g/mol. The van der Waals surface area contributed by atoms with E-state index in [4.69, 9.17) is 0 Å². The number of aryl methyl sites for hydroxylation is 1. The number of aromatic nitrogens is 3. The van der Waals surface area contributed by atoms with Crippen molar-refractivity contribution in [3.63, 3.8) is 0 Å². The van der Waals surface area contributed by atoms with E-state index in [1.165, 1.54) is 16.0 Å². The molecule has 0 fully saturated rings. The van der Waals surface area contributed by atoms with Crippen molar-refractivity contribution in [1.82, 2.24) is 14.8 Å². The molecule has 0 saturated heterocycles. The van der Waals surface area contributed by atoms with Gasteiger partial charge in [-0.15, -0.1) is 22.0 Å². The van der Waals surface area contributed by atoms with Crippen LogP contribution in [0, 0.1) is 6.92 Å². The number of nitrogens with zero attached hydrogens (tertiary/aromatic N) is 3. The molecule has 0 atom stereocenters. The third kappa shape index (κ3) is 4.65. The van der Waals surface area contributed by atoms with Crippen LogP contribution in [0.15, 0.2) is 63.1 Å². The number of hydrogen-bond donors (Lipinski definition) is 0. The molecular formula is C18H18BrN3S2. The molecule has 3 aromatic rings. The van der Waals surface area contributed by atoms with E-state index in [1.807, 2.05) is 7.05 Å². The van der Waals surface area contributed by atoms with E-state index < -0.39 is 0 Å². The molecular weight excluding hydrogens is 402 g/mol. The van der Waals surface area contributed by atoms with Crippen LogP contribution in [0.5, 0.6) is 0 Å². The van der Waals surface area contributed by atoms with Gasteiger partial charge in [-0.3, -0.25) is 0 Å².